The van der Waals surface area contributed by atoms with Gasteiger partial charge in [0.25, 0.3) is 0 Å². The van der Waals surface area contributed by atoms with Crippen LogP contribution in [0.3, 0.4) is 0 Å². The molecule has 5 heteroatoms. The lowest BCUT2D eigenvalue weighted by Crippen LogP contribution is -2.39. The zero-order chi connectivity index (χ0) is 11.3. The average molecular weight is 208 g/mol. The molecule has 1 amide bonds. The van der Waals surface area contributed by atoms with E-state index in [0.29, 0.717) is 13.0 Å². The minimum absolute atomic E-state index is 0.153. The van der Waals surface area contributed by atoms with Crippen LogP contribution in [0.1, 0.15) is 24.7 Å². The summed E-state index contributed by atoms with van der Waals surface area (Å²) in [5.41, 5.74) is 7.15. The Hall–Kier alpha value is -1.49. The van der Waals surface area contributed by atoms with Crippen LogP contribution in [0.5, 0.6) is 0 Å². The van der Waals surface area contributed by atoms with Gasteiger partial charge in [0, 0.05) is 6.20 Å². The summed E-state index contributed by atoms with van der Waals surface area (Å²) in [6.07, 6.45) is 3.94. The molecule has 0 aliphatic carbocycles. The third kappa shape index (κ3) is 3.63. The Balaban J connectivity index is 2.43. The fraction of sp³-hybridized carbons (Fsp3) is 0.500. The van der Waals surface area contributed by atoms with Gasteiger partial charge < -0.3 is 11.1 Å². The second kappa shape index (κ2) is 5.41. The molecule has 0 aromatic carbocycles. The number of hydrogen-bond acceptors (Lipinski definition) is 4. The first-order valence-corrected chi connectivity index (χ1v) is 4.94. The first-order chi connectivity index (χ1) is 7.13. The lowest BCUT2D eigenvalue weighted by Gasteiger charge is -2.09. The molecule has 0 aliphatic heterocycles. The molecule has 1 heterocycles. The number of aromatic nitrogens is 2. The van der Waals surface area contributed by atoms with Gasteiger partial charge in [-0.05, 0) is 13.3 Å². The van der Waals surface area contributed by atoms with Crippen LogP contribution >= 0.6 is 0 Å². The summed E-state index contributed by atoms with van der Waals surface area (Å²) in [7, 11) is 0. The molecule has 0 saturated carbocycles. The van der Waals surface area contributed by atoms with Crippen molar-refractivity contribution in [2.75, 3.05) is 0 Å². The predicted octanol–water partition coefficient (Wildman–Crippen LogP) is 0.139. The third-order valence-corrected chi connectivity index (χ3v) is 2.05. The van der Waals surface area contributed by atoms with Crippen LogP contribution in [-0.4, -0.2) is 21.9 Å². The van der Waals surface area contributed by atoms with E-state index in [4.69, 9.17) is 5.73 Å². The number of nitrogens with one attached hydrogen (secondary N) is 1. The summed E-state index contributed by atoms with van der Waals surface area (Å²) in [5, 5.41) is 2.70. The molecule has 1 aromatic rings. The maximum absolute atomic E-state index is 11.3. The van der Waals surface area contributed by atoms with E-state index in [9.17, 15) is 4.79 Å². The number of nitrogens with two attached hydrogens (primary N) is 1. The van der Waals surface area contributed by atoms with E-state index < -0.39 is 6.04 Å². The second-order valence-electron chi connectivity index (χ2n) is 3.38. The molecule has 15 heavy (non-hydrogen) atoms. The average Bonchev–Trinajstić information content (AvgIpc) is 2.26. The highest BCUT2D eigenvalue weighted by Gasteiger charge is 2.09. The number of nitrogens with zero attached hydrogens (tertiary/aromatic N) is 2. The van der Waals surface area contributed by atoms with Crippen molar-refractivity contribution in [3.8, 4) is 0 Å². The van der Waals surface area contributed by atoms with Gasteiger partial charge in [-0.3, -0.25) is 14.8 Å². The van der Waals surface area contributed by atoms with Crippen molar-refractivity contribution in [1.29, 1.82) is 0 Å². The van der Waals surface area contributed by atoms with E-state index in [1.54, 1.807) is 12.4 Å². The monoisotopic (exact) mass is 208 g/mol. The van der Waals surface area contributed by atoms with Gasteiger partial charge in [0.15, 0.2) is 0 Å². The van der Waals surface area contributed by atoms with Crippen LogP contribution in [0.25, 0.3) is 0 Å². The molecule has 3 N–H and O–H groups in total. The second-order valence-corrected chi connectivity index (χ2v) is 3.38. The topological polar surface area (TPSA) is 80.9 Å². The molecule has 5 nitrogen and oxygen atoms in total. The zero-order valence-electron chi connectivity index (χ0n) is 9.03. The summed E-state index contributed by atoms with van der Waals surface area (Å²) in [6, 6.07) is -0.441. The molecule has 0 spiro atoms. The number of aryl methyl sites for hydroxylation is 1. The molecule has 0 radical (unpaired) electrons. The van der Waals surface area contributed by atoms with E-state index in [1.807, 2.05) is 13.8 Å². The summed E-state index contributed by atoms with van der Waals surface area (Å²) in [6.45, 7) is 4.11. The summed E-state index contributed by atoms with van der Waals surface area (Å²) in [4.78, 5) is 19.5. The van der Waals surface area contributed by atoms with E-state index in [0.717, 1.165) is 11.4 Å². The van der Waals surface area contributed by atoms with Crippen molar-refractivity contribution in [2.24, 2.45) is 5.73 Å². The Morgan fingerprint density at radius 3 is 2.80 bits per heavy atom. The molecule has 1 rings (SSSR count). The lowest BCUT2D eigenvalue weighted by atomic mass is 10.2. The lowest BCUT2D eigenvalue weighted by molar-refractivity contribution is -0.122. The van der Waals surface area contributed by atoms with Gasteiger partial charge in [-0.2, -0.15) is 0 Å². The highest BCUT2D eigenvalue weighted by Crippen LogP contribution is 1.94. The standard InChI is InChI=1S/C10H16N4O/c1-3-9(11)10(15)14-6-8-5-12-7(2)4-13-8/h4-5,9H,3,6,11H2,1-2H3,(H,14,15)/t9-/m1/s1. The molecule has 0 aliphatic rings. The number of carbonyl (C=O) groups excluding carboxylic acids is 1. The Morgan fingerprint density at radius 2 is 2.27 bits per heavy atom. The largest absolute Gasteiger partial charge is 0.349 e. The van der Waals surface area contributed by atoms with Crippen molar-refractivity contribution in [1.82, 2.24) is 15.3 Å². The Kier molecular flexibility index (Phi) is 4.17. The van der Waals surface area contributed by atoms with Gasteiger partial charge in [-0.25, -0.2) is 0 Å². The SMILES string of the molecule is CC[C@@H](N)C(=O)NCc1cnc(C)cn1. The first kappa shape index (κ1) is 11.6. The maximum atomic E-state index is 11.3. The van der Waals surface area contributed by atoms with Gasteiger partial charge >= 0.3 is 0 Å². The summed E-state index contributed by atoms with van der Waals surface area (Å²) < 4.78 is 0. The van der Waals surface area contributed by atoms with Crippen LogP contribution in [0.4, 0.5) is 0 Å². The van der Waals surface area contributed by atoms with Crippen molar-refractivity contribution >= 4 is 5.91 Å². The first-order valence-electron chi connectivity index (χ1n) is 4.94. The number of carbonyl (C=O) groups is 1. The van der Waals surface area contributed by atoms with Crippen molar-refractivity contribution in [3.63, 3.8) is 0 Å². The van der Waals surface area contributed by atoms with E-state index in [-0.39, 0.29) is 5.91 Å². The van der Waals surface area contributed by atoms with Gasteiger partial charge in [0.05, 0.1) is 30.2 Å². The number of hydrogen-bond donors (Lipinski definition) is 2. The van der Waals surface area contributed by atoms with Crippen molar-refractivity contribution in [2.45, 2.75) is 32.9 Å². The Bertz CT molecular complexity index is 323. The normalized spacial score (nSPS) is 12.2. The van der Waals surface area contributed by atoms with E-state index >= 15 is 0 Å². The Labute approximate surface area is 89.1 Å². The van der Waals surface area contributed by atoms with E-state index in [2.05, 4.69) is 15.3 Å². The Morgan fingerprint density at radius 1 is 1.53 bits per heavy atom. The van der Waals surface area contributed by atoms with Crippen LogP contribution < -0.4 is 11.1 Å². The zero-order valence-corrected chi connectivity index (χ0v) is 9.03. The van der Waals surface area contributed by atoms with Crippen LogP contribution in [-0.2, 0) is 11.3 Å². The number of rotatable bonds is 4. The predicted molar refractivity (Wildman–Crippen MR) is 56.9 cm³/mol. The molecule has 0 bridgehead atoms. The maximum Gasteiger partial charge on any atom is 0.237 e. The molecular weight excluding hydrogens is 192 g/mol. The quantitative estimate of drug-likeness (QED) is 0.737. The number of amides is 1. The molecule has 1 aromatic heterocycles. The molecular formula is C10H16N4O. The molecule has 1 atom stereocenters. The van der Waals surface area contributed by atoms with Crippen molar-refractivity contribution in [3.05, 3.63) is 23.8 Å². The van der Waals surface area contributed by atoms with Crippen LogP contribution in [0, 0.1) is 6.92 Å². The highest BCUT2D eigenvalue weighted by atomic mass is 16.2. The fourth-order valence-electron chi connectivity index (χ4n) is 1.00. The fourth-order valence-corrected chi connectivity index (χ4v) is 1.00. The third-order valence-electron chi connectivity index (χ3n) is 2.05. The van der Waals surface area contributed by atoms with Gasteiger partial charge in [-0.15, -0.1) is 0 Å². The summed E-state index contributed by atoms with van der Waals surface area (Å²) in [5.74, 6) is -0.153. The van der Waals surface area contributed by atoms with Gasteiger partial charge in [0.2, 0.25) is 5.91 Å². The minimum Gasteiger partial charge on any atom is -0.349 e. The van der Waals surface area contributed by atoms with Gasteiger partial charge in [0.1, 0.15) is 0 Å². The molecule has 0 unspecified atom stereocenters. The van der Waals surface area contributed by atoms with Crippen LogP contribution in [0.15, 0.2) is 12.4 Å². The molecule has 82 valence electrons. The highest BCUT2D eigenvalue weighted by molar-refractivity contribution is 5.81. The van der Waals surface area contributed by atoms with Crippen molar-refractivity contribution < 1.29 is 4.79 Å². The minimum atomic E-state index is -0.441. The smallest absolute Gasteiger partial charge is 0.237 e. The molecule has 0 fully saturated rings. The van der Waals surface area contributed by atoms with E-state index in [1.165, 1.54) is 0 Å². The van der Waals surface area contributed by atoms with Gasteiger partial charge in [-0.1, -0.05) is 6.92 Å². The molecule has 0 saturated heterocycles. The summed E-state index contributed by atoms with van der Waals surface area (Å²) >= 11 is 0. The van der Waals surface area contributed by atoms with Crippen LogP contribution in [0.2, 0.25) is 0 Å².